The zero-order valence-electron chi connectivity index (χ0n) is 14.4. The van der Waals surface area contributed by atoms with Gasteiger partial charge in [0.25, 0.3) is 0 Å². The van der Waals surface area contributed by atoms with Crippen molar-refractivity contribution >= 4 is 5.91 Å². The Morgan fingerprint density at radius 3 is 2.12 bits per heavy atom. The molecule has 2 aromatic rings. The number of carbonyl (C=O) groups is 1. The van der Waals surface area contributed by atoms with E-state index in [4.69, 9.17) is 0 Å². The summed E-state index contributed by atoms with van der Waals surface area (Å²) in [5, 5.41) is 0. The lowest BCUT2D eigenvalue weighted by Gasteiger charge is -2.38. The van der Waals surface area contributed by atoms with Crippen molar-refractivity contribution < 1.29 is 4.79 Å². The number of nitrogens with zero attached hydrogens (tertiary/aromatic N) is 2. The highest BCUT2D eigenvalue weighted by atomic mass is 16.2. The van der Waals surface area contributed by atoms with Gasteiger partial charge in [0.2, 0.25) is 5.91 Å². The van der Waals surface area contributed by atoms with Crippen LogP contribution in [0.5, 0.6) is 0 Å². The standard InChI is InChI=1S/C21H26N2O/c1-18(20-10-6-3-7-11-20)22-14-16-23(17-15-22)21(24)13-12-19-8-4-2-5-9-19/h2-11,18H,12-17H2,1H3. The first-order valence-electron chi connectivity index (χ1n) is 8.85. The molecule has 126 valence electrons. The second kappa shape index (κ2) is 8.11. The number of carbonyl (C=O) groups excluding carboxylic acids is 1. The molecule has 0 saturated carbocycles. The Labute approximate surface area is 144 Å². The van der Waals surface area contributed by atoms with Crippen LogP contribution in [-0.4, -0.2) is 41.9 Å². The van der Waals surface area contributed by atoms with Gasteiger partial charge in [-0.3, -0.25) is 9.69 Å². The maximum Gasteiger partial charge on any atom is 0.222 e. The molecule has 1 amide bonds. The molecule has 0 aromatic heterocycles. The summed E-state index contributed by atoms with van der Waals surface area (Å²) in [6.45, 7) is 5.83. The Bertz CT molecular complexity index is 633. The van der Waals surface area contributed by atoms with E-state index in [0.29, 0.717) is 12.5 Å². The van der Waals surface area contributed by atoms with E-state index in [0.717, 1.165) is 32.6 Å². The molecule has 1 aliphatic heterocycles. The van der Waals surface area contributed by atoms with E-state index in [1.807, 2.05) is 23.1 Å². The number of benzene rings is 2. The molecule has 0 radical (unpaired) electrons. The van der Waals surface area contributed by atoms with E-state index >= 15 is 0 Å². The van der Waals surface area contributed by atoms with Gasteiger partial charge in [-0.15, -0.1) is 0 Å². The van der Waals surface area contributed by atoms with Gasteiger partial charge in [0.1, 0.15) is 0 Å². The maximum absolute atomic E-state index is 12.4. The van der Waals surface area contributed by atoms with E-state index in [1.165, 1.54) is 11.1 Å². The lowest BCUT2D eigenvalue weighted by molar-refractivity contribution is -0.133. The zero-order chi connectivity index (χ0) is 16.8. The van der Waals surface area contributed by atoms with Crippen LogP contribution in [0.1, 0.15) is 30.5 Å². The van der Waals surface area contributed by atoms with Crippen molar-refractivity contribution in [3.8, 4) is 0 Å². The van der Waals surface area contributed by atoms with Crippen molar-refractivity contribution in [1.82, 2.24) is 9.80 Å². The molecule has 1 unspecified atom stereocenters. The molecule has 1 heterocycles. The first-order chi connectivity index (χ1) is 11.7. The predicted octanol–water partition coefficient (Wildman–Crippen LogP) is 3.52. The highest BCUT2D eigenvalue weighted by Crippen LogP contribution is 2.21. The summed E-state index contributed by atoms with van der Waals surface area (Å²) in [5.74, 6) is 0.283. The van der Waals surface area contributed by atoms with Gasteiger partial charge in [0.05, 0.1) is 0 Å². The van der Waals surface area contributed by atoms with Crippen molar-refractivity contribution in [1.29, 1.82) is 0 Å². The van der Waals surface area contributed by atoms with Gasteiger partial charge in [-0.2, -0.15) is 0 Å². The zero-order valence-corrected chi connectivity index (χ0v) is 14.4. The number of rotatable bonds is 5. The van der Waals surface area contributed by atoms with Gasteiger partial charge in [-0.1, -0.05) is 60.7 Å². The quantitative estimate of drug-likeness (QED) is 0.841. The van der Waals surface area contributed by atoms with Crippen LogP contribution in [0.15, 0.2) is 60.7 Å². The molecule has 1 fully saturated rings. The molecule has 3 heteroatoms. The number of hydrogen-bond donors (Lipinski definition) is 0. The monoisotopic (exact) mass is 322 g/mol. The molecule has 0 aliphatic carbocycles. The molecule has 1 saturated heterocycles. The van der Waals surface area contributed by atoms with Crippen molar-refractivity contribution in [2.75, 3.05) is 26.2 Å². The molecule has 0 bridgehead atoms. The fourth-order valence-corrected chi connectivity index (χ4v) is 3.36. The summed E-state index contributed by atoms with van der Waals surface area (Å²) in [6, 6.07) is 21.3. The maximum atomic E-state index is 12.4. The summed E-state index contributed by atoms with van der Waals surface area (Å²) >= 11 is 0. The first kappa shape index (κ1) is 16.7. The van der Waals surface area contributed by atoms with E-state index < -0.39 is 0 Å². The van der Waals surface area contributed by atoms with Crippen LogP contribution in [0.2, 0.25) is 0 Å². The van der Waals surface area contributed by atoms with E-state index in [1.54, 1.807) is 0 Å². The molecule has 3 rings (SSSR count). The Morgan fingerprint density at radius 1 is 0.917 bits per heavy atom. The Balaban J connectivity index is 1.47. The average molecular weight is 322 g/mol. The normalized spacial score (nSPS) is 16.8. The average Bonchev–Trinajstić information content (AvgIpc) is 2.67. The van der Waals surface area contributed by atoms with Crippen LogP contribution in [0.25, 0.3) is 0 Å². The van der Waals surface area contributed by atoms with Gasteiger partial charge in [-0.25, -0.2) is 0 Å². The van der Waals surface area contributed by atoms with Gasteiger partial charge in [0.15, 0.2) is 0 Å². The largest absolute Gasteiger partial charge is 0.340 e. The van der Waals surface area contributed by atoms with E-state index in [2.05, 4.69) is 54.3 Å². The summed E-state index contributed by atoms with van der Waals surface area (Å²) in [4.78, 5) is 16.9. The molecule has 0 N–H and O–H groups in total. The molecule has 3 nitrogen and oxygen atoms in total. The van der Waals surface area contributed by atoms with Crippen LogP contribution >= 0.6 is 0 Å². The van der Waals surface area contributed by atoms with Crippen LogP contribution in [0.4, 0.5) is 0 Å². The molecular weight excluding hydrogens is 296 g/mol. The van der Waals surface area contributed by atoms with Crippen molar-refractivity contribution in [3.63, 3.8) is 0 Å². The number of amides is 1. The number of aryl methyl sites for hydroxylation is 1. The SMILES string of the molecule is CC(c1ccccc1)N1CCN(C(=O)CCc2ccccc2)CC1. The number of piperazine rings is 1. The fraction of sp³-hybridized carbons (Fsp3) is 0.381. The van der Waals surface area contributed by atoms with E-state index in [-0.39, 0.29) is 5.91 Å². The predicted molar refractivity (Wildman–Crippen MR) is 97.8 cm³/mol. The summed E-state index contributed by atoms with van der Waals surface area (Å²) in [7, 11) is 0. The molecule has 1 atom stereocenters. The lowest BCUT2D eigenvalue weighted by Crippen LogP contribution is -2.49. The highest BCUT2D eigenvalue weighted by molar-refractivity contribution is 5.76. The third-order valence-corrected chi connectivity index (χ3v) is 4.97. The van der Waals surface area contributed by atoms with Gasteiger partial charge >= 0.3 is 0 Å². The third-order valence-electron chi connectivity index (χ3n) is 4.97. The second-order valence-electron chi connectivity index (χ2n) is 6.49. The minimum Gasteiger partial charge on any atom is -0.340 e. The first-order valence-corrected chi connectivity index (χ1v) is 8.85. The summed E-state index contributed by atoms with van der Waals surface area (Å²) in [5.41, 5.74) is 2.59. The summed E-state index contributed by atoms with van der Waals surface area (Å²) in [6.07, 6.45) is 1.44. The van der Waals surface area contributed by atoms with Crippen LogP contribution in [0, 0.1) is 0 Å². The summed E-state index contributed by atoms with van der Waals surface area (Å²) < 4.78 is 0. The Kier molecular flexibility index (Phi) is 5.65. The molecule has 2 aromatic carbocycles. The van der Waals surface area contributed by atoms with Gasteiger partial charge in [-0.05, 0) is 24.5 Å². The smallest absolute Gasteiger partial charge is 0.222 e. The molecule has 1 aliphatic rings. The topological polar surface area (TPSA) is 23.6 Å². The van der Waals surface area contributed by atoms with Gasteiger partial charge in [0, 0.05) is 38.6 Å². The van der Waals surface area contributed by atoms with Crippen molar-refractivity contribution in [2.45, 2.75) is 25.8 Å². The second-order valence-corrected chi connectivity index (χ2v) is 6.49. The van der Waals surface area contributed by atoms with E-state index in [9.17, 15) is 4.79 Å². The minimum atomic E-state index is 0.283. The fourth-order valence-electron chi connectivity index (χ4n) is 3.36. The van der Waals surface area contributed by atoms with Crippen molar-refractivity contribution in [3.05, 3.63) is 71.8 Å². The van der Waals surface area contributed by atoms with Crippen LogP contribution in [0.3, 0.4) is 0 Å². The highest BCUT2D eigenvalue weighted by Gasteiger charge is 2.24. The number of hydrogen-bond acceptors (Lipinski definition) is 2. The lowest BCUT2D eigenvalue weighted by atomic mass is 10.1. The Hall–Kier alpha value is -2.13. The molecule has 0 spiro atoms. The van der Waals surface area contributed by atoms with Gasteiger partial charge < -0.3 is 4.90 Å². The molecule has 24 heavy (non-hydrogen) atoms. The van der Waals surface area contributed by atoms with Crippen LogP contribution < -0.4 is 0 Å². The Morgan fingerprint density at radius 2 is 1.50 bits per heavy atom. The molecular formula is C21H26N2O. The van der Waals surface area contributed by atoms with Crippen molar-refractivity contribution in [2.24, 2.45) is 0 Å². The van der Waals surface area contributed by atoms with Crippen LogP contribution in [-0.2, 0) is 11.2 Å². The third kappa shape index (κ3) is 4.24. The minimum absolute atomic E-state index is 0.283.